The van der Waals surface area contributed by atoms with Crippen LogP contribution in [-0.2, 0) is 0 Å². The highest BCUT2D eigenvalue weighted by molar-refractivity contribution is 6.30. The highest BCUT2D eigenvalue weighted by Gasteiger charge is 2.42. The van der Waals surface area contributed by atoms with Crippen LogP contribution in [0.15, 0.2) is 77.8 Å². The van der Waals surface area contributed by atoms with Crippen molar-refractivity contribution in [2.24, 2.45) is 4.99 Å². The van der Waals surface area contributed by atoms with Gasteiger partial charge in [-0.25, -0.2) is 0 Å². The molecule has 4 nitrogen and oxygen atoms in total. The molecule has 0 amide bonds. The fourth-order valence-corrected chi connectivity index (χ4v) is 5.20. The van der Waals surface area contributed by atoms with Gasteiger partial charge in [-0.3, -0.25) is 4.99 Å². The Morgan fingerprint density at radius 3 is 2.30 bits per heavy atom. The van der Waals surface area contributed by atoms with Crippen LogP contribution in [0.25, 0.3) is 0 Å². The van der Waals surface area contributed by atoms with Crippen LogP contribution in [0.3, 0.4) is 0 Å². The van der Waals surface area contributed by atoms with Gasteiger partial charge in [0.15, 0.2) is 0 Å². The quantitative estimate of drug-likeness (QED) is 0.409. The minimum absolute atomic E-state index is 0.152. The number of nitrogens with one attached hydrogen (secondary N) is 2. The molecule has 1 aliphatic heterocycles. The number of halogens is 2. The average Bonchev–Trinajstić information content (AvgIpc) is 2.80. The van der Waals surface area contributed by atoms with Crippen molar-refractivity contribution in [1.29, 1.82) is 0 Å². The Labute approximate surface area is 205 Å². The molecule has 0 radical (unpaired) electrons. The first-order chi connectivity index (χ1) is 16.0. The number of anilines is 4. The second-order valence-corrected chi connectivity index (χ2v) is 9.91. The van der Waals surface area contributed by atoms with Gasteiger partial charge in [0, 0.05) is 45.6 Å². The fraction of sp³-hybridized carbons (Fsp3) is 0.296. The van der Waals surface area contributed by atoms with Crippen LogP contribution < -0.4 is 15.5 Å². The first kappa shape index (κ1) is 22.1. The summed E-state index contributed by atoms with van der Waals surface area (Å²) in [5.74, 6) is 0. The number of hydrogen-bond donors (Lipinski definition) is 2. The van der Waals surface area contributed by atoms with Gasteiger partial charge >= 0.3 is 0 Å². The second-order valence-electron chi connectivity index (χ2n) is 9.04. The molecule has 1 aliphatic carbocycles. The monoisotopic (exact) mass is 478 g/mol. The van der Waals surface area contributed by atoms with Gasteiger partial charge in [0.2, 0.25) is 0 Å². The van der Waals surface area contributed by atoms with Crippen molar-refractivity contribution < 1.29 is 0 Å². The maximum Gasteiger partial charge on any atom is 0.0662 e. The van der Waals surface area contributed by atoms with Crippen LogP contribution in [0.2, 0.25) is 10.0 Å². The number of nitrogens with zero attached hydrogens (tertiary/aromatic N) is 2. The summed E-state index contributed by atoms with van der Waals surface area (Å²) < 4.78 is 0. The predicted octanol–water partition coefficient (Wildman–Crippen LogP) is 7.42. The molecule has 2 N–H and O–H groups in total. The third-order valence-corrected chi connectivity index (χ3v) is 6.83. The lowest BCUT2D eigenvalue weighted by atomic mass is 9.81. The van der Waals surface area contributed by atoms with E-state index < -0.39 is 0 Å². The molecule has 1 saturated carbocycles. The number of aliphatic imine (C=N–C) groups is 1. The molecule has 3 unspecified atom stereocenters. The Morgan fingerprint density at radius 1 is 0.939 bits per heavy atom. The van der Waals surface area contributed by atoms with E-state index in [0.29, 0.717) is 0 Å². The highest BCUT2D eigenvalue weighted by atomic mass is 35.5. The summed E-state index contributed by atoms with van der Waals surface area (Å²) in [5.41, 5.74) is 5.76. The average molecular weight is 479 g/mol. The Bertz CT molecular complexity index is 1140. The van der Waals surface area contributed by atoms with Crippen LogP contribution >= 0.6 is 23.2 Å². The van der Waals surface area contributed by atoms with Crippen LogP contribution in [0.4, 0.5) is 22.7 Å². The molecule has 1 fully saturated rings. The fourth-order valence-electron chi connectivity index (χ4n) is 4.95. The Hall–Kier alpha value is -2.69. The van der Waals surface area contributed by atoms with Gasteiger partial charge in [0.05, 0.1) is 23.5 Å². The third-order valence-electron chi connectivity index (χ3n) is 6.32. The van der Waals surface area contributed by atoms with Crippen LogP contribution in [0.1, 0.15) is 26.7 Å². The molecule has 0 spiro atoms. The molecule has 6 heteroatoms. The topological polar surface area (TPSA) is 39.7 Å². The molecular formula is C27H28Cl2N4. The normalized spacial score (nSPS) is 23.1. The van der Waals surface area contributed by atoms with Crippen LogP contribution in [0, 0.1) is 0 Å². The maximum atomic E-state index is 6.21. The molecule has 3 aromatic carbocycles. The van der Waals surface area contributed by atoms with Crippen molar-refractivity contribution in [2.45, 2.75) is 50.9 Å². The van der Waals surface area contributed by atoms with E-state index in [1.54, 1.807) is 0 Å². The van der Waals surface area contributed by atoms with Gasteiger partial charge < -0.3 is 15.5 Å². The van der Waals surface area contributed by atoms with Crippen molar-refractivity contribution in [2.75, 3.05) is 15.5 Å². The summed E-state index contributed by atoms with van der Waals surface area (Å²) in [6.07, 6.45) is 1.80. The first-order valence-electron chi connectivity index (χ1n) is 11.5. The lowest BCUT2D eigenvalue weighted by Crippen LogP contribution is -2.57. The summed E-state index contributed by atoms with van der Waals surface area (Å²) in [6.45, 7) is 4.29. The minimum Gasteiger partial charge on any atom is -0.378 e. The van der Waals surface area contributed by atoms with E-state index in [9.17, 15) is 0 Å². The van der Waals surface area contributed by atoms with Gasteiger partial charge in [-0.2, -0.15) is 0 Å². The summed E-state index contributed by atoms with van der Waals surface area (Å²) in [4.78, 5) is 7.53. The first-order valence-corrected chi connectivity index (χ1v) is 12.2. The molecule has 2 aliphatic rings. The minimum atomic E-state index is 0.152. The van der Waals surface area contributed by atoms with Gasteiger partial charge in [-0.05, 0) is 80.9 Å². The zero-order valence-electron chi connectivity index (χ0n) is 18.8. The lowest BCUT2D eigenvalue weighted by Gasteiger charge is -2.49. The zero-order valence-corrected chi connectivity index (χ0v) is 20.3. The van der Waals surface area contributed by atoms with Crippen LogP contribution in [0.5, 0.6) is 0 Å². The van der Waals surface area contributed by atoms with E-state index in [1.807, 2.05) is 36.4 Å². The Kier molecular flexibility index (Phi) is 6.22. The molecule has 3 atom stereocenters. The van der Waals surface area contributed by atoms with Gasteiger partial charge in [-0.15, -0.1) is 0 Å². The molecule has 3 aromatic rings. The Morgan fingerprint density at radius 2 is 1.61 bits per heavy atom. The third kappa shape index (κ3) is 4.68. The smallest absolute Gasteiger partial charge is 0.0662 e. The van der Waals surface area contributed by atoms with E-state index in [4.69, 9.17) is 28.2 Å². The molecule has 5 rings (SSSR count). The summed E-state index contributed by atoms with van der Waals surface area (Å²) in [5, 5.41) is 9.03. The van der Waals surface area contributed by atoms with Crippen molar-refractivity contribution in [3.63, 3.8) is 0 Å². The molecule has 0 saturated heterocycles. The number of benzene rings is 3. The largest absolute Gasteiger partial charge is 0.378 e. The lowest BCUT2D eigenvalue weighted by molar-refractivity contribution is 0.474. The second kappa shape index (κ2) is 9.28. The maximum absolute atomic E-state index is 6.21. The molecule has 0 bridgehead atoms. The summed E-state index contributed by atoms with van der Waals surface area (Å²) in [7, 11) is 0. The molecule has 33 heavy (non-hydrogen) atoms. The SMILES string of the molecule is CC(C)N=C1CC2C(CC1Nc1ccc(Cl)cc1)Nc1ccccc1N2c1ccc(Cl)cc1. The number of para-hydroxylation sites is 2. The van der Waals surface area contributed by atoms with E-state index in [0.717, 1.165) is 39.9 Å². The molecular weight excluding hydrogens is 451 g/mol. The summed E-state index contributed by atoms with van der Waals surface area (Å²) in [6, 6.07) is 25.5. The van der Waals surface area contributed by atoms with E-state index in [2.05, 4.69) is 65.8 Å². The number of fused-ring (bicyclic) bond motifs is 2. The summed E-state index contributed by atoms with van der Waals surface area (Å²) >= 11 is 12.3. The van der Waals surface area contributed by atoms with Crippen molar-refractivity contribution in [1.82, 2.24) is 0 Å². The molecule has 0 aromatic heterocycles. The van der Waals surface area contributed by atoms with Crippen LogP contribution in [-0.4, -0.2) is 29.9 Å². The predicted molar refractivity (Wildman–Crippen MR) is 142 cm³/mol. The number of rotatable bonds is 4. The van der Waals surface area contributed by atoms with Gasteiger partial charge in [0.1, 0.15) is 0 Å². The van der Waals surface area contributed by atoms with E-state index in [-0.39, 0.29) is 24.2 Å². The van der Waals surface area contributed by atoms with Gasteiger partial charge in [0.25, 0.3) is 0 Å². The highest BCUT2D eigenvalue weighted by Crippen LogP contribution is 2.43. The standard InChI is InChI=1S/C27H28Cl2N4/c1-17(2)30-24-16-27-25(15-23(24)31-20-11-7-18(28)8-12-20)32-22-5-3-4-6-26(22)33(27)21-13-9-19(29)10-14-21/h3-14,17,23,25,27,31-32H,15-16H2,1-2H3. The Balaban J connectivity index is 1.52. The molecule has 1 heterocycles. The number of hydrogen-bond acceptors (Lipinski definition) is 4. The zero-order chi connectivity index (χ0) is 22.9. The van der Waals surface area contributed by atoms with E-state index >= 15 is 0 Å². The van der Waals surface area contributed by atoms with Crippen molar-refractivity contribution in [3.05, 3.63) is 82.8 Å². The van der Waals surface area contributed by atoms with Crippen molar-refractivity contribution in [3.8, 4) is 0 Å². The molecule has 170 valence electrons. The van der Waals surface area contributed by atoms with Crippen molar-refractivity contribution >= 4 is 51.7 Å². The van der Waals surface area contributed by atoms with Gasteiger partial charge in [-0.1, -0.05) is 35.3 Å². The van der Waals surface area contributed by atoms with E-state index in [1.165, 1.54) is 11.4 Å².